The van der Waals surface area contributed by atoms with Crippen LogP contribution < -0.4 is 16.6 Å². The fourth-order valence-corrected chi connectivity index (χ4v) is 1.39. The zero-order valence-electron chi connectivity index (χ0n) is 10.5. The molecule has 96 valence electrons. The van der Waals surface area contributed by atoms with Crippen LogP contribution in [0.5, 0.6) is 0 Å². The smallest absolute Gasteiger partial charge is 0.346 e. The molecular weight excluding hydrogens is 224 g/mol. The molecule has 0 aromatic carbocycles. The largest absolute Gasteiger partial charge is 0.394 e. The van der Waals surface area contributed by atoms with E-state index in [1.807, 2.05) is 13.8 Å². The molecule has 0 aliphatic rings. The normalized spacial score (nSPS) is 12.8. The lowest BCUT2D eigenvalue weighted by molar-refractivity contribution is 0.248. The van der Waals surface area contributed by atoms with E-state index in [2.05, 4.69) is 10.4 Å². The lowest BCUT2D eigenvalue weighted by Crippen LogP contribution is -2.42. The Morgan fingerprint density at radius 1 is 1.35 bits per heavy atom. The molecule has 0 bridgehead atoms. The molecule has 0 radical (unpaired) electrons. The van der Waals surface area contributed by atoms with Crippen molar-refractivity contribution in [3.63, 3.8) is 0 Å². The molecule has 2 N–H and O–H groups in total. The Morgan fingerprint density at radius 3 is 2.41 bits per heavy atom. The Morgan fingerprint density at radius 2 is 1.94 bits per heavy atom. The first-order valence-corrected chi connectivity index (χ1v) is 5.40. The third-order valence-electron chi connectivity index (χ3n) is 2.64. The van der Waals surface area contributed by atoms with Gasteiger partial charge >= 0.3 is 5.69 Å². The Balaban J connectivity index is 3.16. The van der Waals surface area contributed by atoms with Crippen LogP contribution in [-0.2, 0) is 14.1 Å². The maximum absolute atomic E-state index is 11.8. The Kier molecular flexibility index (Phi) is 4.06. The average molecular weight is 242 g/mol. The van der Waals surface area contributed by atoms with Gasteiger partial charge in [0, 0.05) is 14.1 Å². The minimum Gasteiger partial charge on any atom is -0.394 e. The van der Waals surface area contributed by atoms with Gasteiger partial charge in [-0.15, -0.1) is 5.10 Å². The maximum Gasteiger partial charge on any atom is 0.346 e. The molecule has 0 fully saturated rings. The van der Waals surface area contributed by atoms with Crippen molar-refractivity contribution < 1.29 is 5.11 Å². The van der Waals surface area contributed by atoms with Crippen molar-refractivity contribution in [1.82, 2.24) is 14.3 Å². The summed E-state index contributed by atoms with van der Waals surface area (Å²) < 4.78 is 2.06. The van der Waals surface area contributed by atoms with Gasteiger partial charge in [0.2, 0.25) is 5.82 Å². The molecule has 0 amide bonds. The molecule has 0 unspecified atom stereocenters. The number of aryl methyl sites for hydroxylation is 1. The Labute approximate surface area is 98.7 Å². The number of hydrogen-bond acceptors (Lipinski definition) is 5. The summed E-state index contributed by atoms with van der Waals surface area (Å²) in [4.78, 5) is 23.2. The quantitative estimate of drug-likeness (QED) is 0.700. The molecule has 7 heteroatoms. The molecule has 1 heterocycles. The average Bonchev–Trinajstić information content (AvgIpc) is 2.29. The summed E-state index contributed by atoms with van der Waals surface area (Å²) in [6.07, 6.45) is 0. The lowest BCUT2D eigenvalue weighted by Gasteiger charge is -2.20. The summed E-state index contributed by atoms with van der Waals surface area (Å²) in [5.41, 5.74) is -0.974. The maximum atomic E-state index is 11.8. The highest BCUT2D eigenvalue weighted by molar-refractivity contribution is 5.31. The highest BCUT2D eigenvalue weighted by atomic mass is 16.3. The second-order valence-electron chi connectivity index (χ2n) is 4.30. The van der Waals surface area contributed by atoms with Crippen LogP contribution in [0.3, 0.4) is 0 Å². The standard InChI is InChI=1S/C10H18N4O3/c1-6(2)7(5-15)11-8-9(16)13(3)10(17)14(4)12-8/h6-7,15H,5H2,1-4H3,(H,11,12)/t7-/m1/s1. The molecule has 0 aliphatic carbocycles. The number of aromatic nitrogens is 3. The van der Waals surface area contributed by atoms with E-state index in [-0.39, 0.29) is 24.4 Å². The summed E-state index contributed by atoms with van der Waals surface area (Å²) in [7, 11) is 2.86. The predicted molar refractivity (Wildman–Crippen MR) is 64.1 cm³/mol. The number of anilines is 1. The van der Waals surface area contributed by atoms with Crippen molar-refractivity contribution in [2.24, 2.45) is 20.0 Å². The molecular formula is C10H18N4O3. The SMILES string of the molecule is CC(C)[C@@H](CO)Nc1nn(C)c(=O)n(C)c1=O. The molecule has 17 heavy (non-hydrogen) atoms. The van der Waals surface area contributed by atoms with Crippen LogP contribution in [0.1, 0.15) is 13.8 Å². The molecule has 0 spiro atoms. The van der Waals surface area contributed by atoms with Gasteiger partial charge in [-0.3, -0.25) is 9.36 Å². The van der Waals surface area contributed by atoms with Gasteiger partial charge in [-0.1, -0.05) is 13.8 Å². The fourth-order valence-electron chi connectivity index (χ4n) is 1.39. The second-order valence-corrected chi connectivity index (χ2v) is 4.30. The van der Waals surface area contributed by atoms with Crippen LogP contribution in [0.25, 0.3) is 0 Å². The number of rotatable bonds is 4. The van der Waals surface area contributed by atoms with E-state index in [1.54, 1.807) is 0 Å². The molecule has 0 aliphatic heterocycles. The number of aliphatic hydroxyl groups is 1. The molecule has 1 aromatic rings. The van der Waals surface area contributed by atoms with Gasteiger partial charge in [-0.05, 0) is 5.92 Å². The Hall–Kier alpha value is -1.63. The Bertz CT molecular complexity index is 503. The van der Waals surface area contributed by atoms with Crippen LogP contribution in [0, 0.1) is 5.92 Å². The number of hydrogen-bond donors (Lipinski definition) is 2. The highest BCUT2D eigenvalue weighted by Gasteiger charge is 2.16. The van der Waals surface area contributed by atoms with E-state index in [0.717, 1.165) is 9.25 Å². The minimum atomic E-state index is -0.493. The fraction of sp³-hybridized carbons (Fsp3) is 0.700. The minimum absolute atomic E-state index is 0.0716. The van der Waals surface area contributed by atoms with Crippen molar-refractivity contribution in [3.05, 3.63) is 20.8 Å². The van der Waals surface area contributed by atoms with Crippen molar-refractivity contribution in [2.45, 2.75) is 19.9 Å². The van der Waals surface area contributed by atoms with E-state index < -0.39 is 11.2 Å². The summed E-state index contributed by atoms with van der Waals surface area (Å²) in [5, 5.41) is 15.9. The third kappa shape index (κ3) is 2.73. The first-order chi connectivity index (χ1) is 7.88. The molecule has 0 saturated heterocycles. The third-order valence-corrected chi connectivity index (χ3v) is 2.64. The topological polar surface area (TPSA) is 89.2 Å². The van der Waals surface area contributed by atoms with Gasteiger partial charge in [0.25, 0.3) is 5.56 Å². The van der Waals surface area contributed by atoms with Gasteiger partial charge in [0.15, 0.2) is 0 Å². The van der Waals surface area contributed by atoms with Crippen LogP contribution in [-0.4, -0.2) is 32.1 Å². The van der Waals surface area contributed by atoms with Gasteiger partial charge < -0.3 is 10.4 Å². The molecule has 1 rings (SSSR count). The van der Waals surface area contributed by atoms with Gasteiger partial charge in [-0.25, -0.2) is 9.48 Å². The lowest BCUT2D eigenvalue weighted by atomic mass is 10.1. The van der Waals surface area contributed by atoms with Crippen LogP contribution >= 0.6 is 0 Å². The van der Waals surface area contributed by atoms with Crippen molar-refractivity contribution >= 4 is 5.82 Å². The van der Waals surface area contributed by atoms with Gasteiger partial charge in [0.05, 0.1) is 12.6 Å². The number of nitrogens with zero attached hydrogens (tertiary/aromatic N) is 3. The van der Waals surface area contributed by atoms with Gasteiger partial charge in [0.1, 0.15) is 0 Å². The van der Waals surface area contributed by atoms with Gasteiger partial charge in [-0.2, -0.15) is 0 Å². The second kappa shape index (κ2) is 5.13. The van der Waals surface area contributed by atoms with Crippen molar-refractivity contribution in [2.75, 3.05) is 11.9 Å². The van der Waals surface area contributed by atoms with E-state index in [4.69, 9.17) is 0 Å². The zero-order chi connectivity index (χ0) is 13.2. The highest BCUT2D eigenvalue weighted by Crippen LogP contribution is 2.05. The van der Waals surface area contributed by atoms with Crippen LogP contribution in [0.2, 0.25) is 0 Å². The monoisotopic (exact) mass is 242 g/mol. The number of nitrogens with one attached hydrogen (secondary N) is 1. The molecule has 0 saturated carbocycles. The van der Waals surface area contributed by atoms with Crippen molar-refractivity contribution in [3.8, 4) is 0 Å². The van der Waals surface area contributed by atoms with E-state index >= 15 is 0 Å². The predicted octanol–water partition coefficient (Wildman–Crippen LogP) is -1.09. The zero-order valence-corrected chi connectivity index (χ0v) is 10.5. The summed E-state index contributed by atoms with van der Waals surface area (Å²) in [6.45, 7) is 3.73. The molecule has 1 atom stereocenters. The van der Waals surface area contributed by atoms with Crippen molar-refractivity contribution in [1.29, 1.82) is 0 Å². The summed E-state index contributed by atoms with van der Waals surface area (Å²) >= 11 is 0. The number of aliphatic hydroxyl groups excluding tert-OH is 1. The van der Waals surface area contributed by atoms with E-state index in [1.165, 1.54) is 14.1 Å². The van der Waals surface area contributed by atoms with E-state index in [9.17, 15) is 14.7 Å². The van der Waals surface area contributed by atoms with E-state index in [0.29, 0.717) is 0 Å². The first-order valence-electron chi connectivity index (χ1n) is 5.40. The molecule has 1 aromatic heterocycles. The summed E-state index contributed by atoms with van der Waals surface area (Å²) in [6, 6.07) is -0.271. The summed E-state index contributed by atoms with van der Waals surface area (Å²) in [5.74, 6) is 0.214. The van der Waals surface area contributed by atoms with Crippen LogP contribution in [0.15, 0.2) is 9.59 Å². The van der Waals surface area contributed by atoms with Crippen LogP contribution in [0.4, 0.5) is 5.82 Å². The first kappa shape index (κ1) is 13.4. The molecule has 7 nitrogen and oxygen atoms in total.